The Bertz CT molecular complexity index is 558. The van der Waals surface area contributed by atoms with Crippen LogP contribution in [0, 0.1) is 0 Å². The van der Waals surface area contributed by atoms with Gasteiger partial charge in [0.1, 0.15) is 0 Å². The normalized spacial score (nSPS) is 26.3. The summed E-state index contributed by atoms with van der Waals surface area (Å²) >= 11 is 0. The second-order valence-electron chi connectivity index (χ2n) is 7.70. The number of aliphatic carboxylic acids is 1. The number of carboxylic acids is 1. The third-order valence-electron chi connectivity index (χ3n) is 3.92. The van der Waals surface area contributed by atoms with Crippen molar-refractivity contribution in [3.63, 3.8) is 0 Å². The molecule has 2 fully saturated rings. The molecule has 0 atom stereocenters. The average Bonchev–Trinajstić information content (AvgIpc) is 2.61. The minimum absolute atomic E-state index is 0. The molecule has 0 radical (unpaired) electrons. The van der Waals surface area contributed by atoms with Crippen LogP contribution in [0.5, 0.6) is 0 Å². The second-order valence-corrected chi connectivity index (χ2v) is 11.5. The molecule has 2 heterocycles. The molecule has 2 aliphatic heterocycles. The van der Waals surface area contributed by atoms with E-state index < -0.39 is 21.6 Å². The van der Waals surface area contributed by atoms with Crippen LogP contribution < -0.4 is 5.11 Å². The first kappa shape index (κ1) is 39.4. The maximum Gasteiger partial charge on any atom is 3.00 e. The molecule has 220 valence electrons. The van der Waals surface area contributed by atoms with E-state index in [-0.39, 0.29) is 16.8 Å². The number of rotatable bonds is 0. The molecule has 0 aromatic rings. The second kappa shape index (κ2) is 12.1. The van der Waals surface area contributed by atoms with Crippen molar-refractivity contribution in [1.82, 2.24) is 19.6 Å². The number of carbonyl (C=O) groups is 1. The van der Waals surface area contributed by atoms with Crippen molar-refractivity contribution in [2.24, 2.45) is 0 Å². The Labute approximate surface area is 205 Å². The van der Waals surface area contributed by atoms with Crippen LogP contribution in [0.1, 0.15) is 6.92 Å². The van der Waals surface area contributed by atoms with E-state index in [1.165, 1.54) is 65.4 Å². The summed E-state index contributed by atoms with van der Waals surface area (Å²) in [6, 6.07) is 0. The fourth-order valence-electron chi connectivity index (χ4n) is 2.43. The van der Waals surface area contributed by atoms with Gasteiger partial charge < -0.3 is 19.7 Å². The average molecular weight is 634 g/mol. The van der Waals surface area contributed by atoms with Crippen molar-refractivity contribution >= 4 is 21.6 Å². The van der Waals surface area contributed by atoms with Crippen LogP contribution in [-0.4, -0.2) is 105 Å². The summed E-state index contributed by atoms with van der Waals surface area (Å²) in [5.41, 5.74) is 0. The van der Waals surface area contributed by atoms with Gasteiger partial charge in [0, 0.05) is 71.4 Å². The predicted octanol–water partition coefficient (Wildman–Crippen LogP) is 5.00. The maximum absolute atomic E-state index is 10.7. The molecule has 2 bridgehead atoms. The molecule has 2 rings (SSSR count). The van der Waals surface area contributed by atoms with Gasteiger partial charge in [0.2, 0.25) is 0 Å². The van der Waals surface area contributed by atoms with Crippen LogP contribution in [-0.2, 0) is 21.6 Å². The maximum atomic E-state index is 9.87. The number of carbonyl (C=O) groups excluding carboxylic acids is 1. The zero-order chi connectivity index (χ0) is 27.8. The fraction of sp³-hybridized carbons (Fsp3) is 0.929. The molecule has 35 heavy (non-hydrogen) atoms. The van der Waals surface area contributed by atoms with Gasteiger partial charge in [-0.1, -0.05) is 0 Å². The molecule has 0 aromatic heterocycles. The predicted molar refractivity (Wildman–Crippen MR) is 106 cm³/mol. The first-order chi connectivity index (χ1) is 14.4. The molecular weight excluding hydrogens is 605 g/mol. The molecule has 0 saturated carbocycles. The minimum atomic E-state index is -10.7. The summed E-state index contributed by atoms with van der Waals surface area (Å²) in [7, 11) is -16.8. The number of nitrogens with zero attached hydrogens (tertiary/aromatic N) is 4. The summed E-state index contributed by atoms with van der Waals surface area (Å²) in [6.45, 7) is 13.3. The van der Waals surface area contributed by atoms with E-state index >= 15 is 0 Å². The quantitative estimate of drug-likeness (QED) is 0.277. The fourth-order valence-corrected chi connectivity index (χ4v) is 2.43. The van der Waals surface area contributed by atoms with E-state index in [2.05, 4.69) is 33.7 Å². The number of carboxylic acid groups (broad SMARTS) is 1. The Kier molecular flexibility index (Phi) is 13.6. The van der Waals surface area contributed by atoms with Gasteiger partial charge in [0.05, 0.1) is 0 Å². The summed E-state index contributed by atoms with van der Waals surface area (Å²) < 4.78 is 118. The smallest absolute Gasteiger partial charge is 3.00 e. The van der Waals surface area contributed by atoms with Gasteiger partial charge in [-0.25, -0.2) is 0 Å². The third kappa shape index (κ3) is 55.6. The van der Waals surface area contributed by atoms with Crippen molar-refractivity contribution in [1.29, 1.82) is 0 Å². The number of hydrogen-bond acceptors (Lipinski definition) is 6. The van der Waals surface area contributed by atoms with Crippen molar-refractivity contribution in [3.8, 4) is 0 Å². The van der Waals surface area contributed by atoms with Gasteiger partial charge in [-0.3, -0.25) is 9.80 Å². The summed E-state index contributed by atoms with van der Waals surface area (Å²) in [5.74, 6) is -1.08. The van der Waals surface area contributed by atoms with Gasteiger partial charge in [-0.05, 0) is 21.0 Å². The number of fused-ring (bicyclic) bond motifs is 3. The number of likely N-dealkylation sites (N-methyl/N-ethyl adjacent to an activating group) is 2. The van der Waals surface area contributed by atoms with Crippen LogP contribution >= 0.6 is 15.6 Å². The third-order valence-corrected chi connectivity index (χ3v) is 3.92. The molecule has 2 saturated heterocycles. The molecule has 0 unspecified atom stereocenters. The monoisotopic (exact) mass is 634 g/mol. The first-order valence-corrected chi connectivity index (χ1v) is 13.6. The molecule has 21 heteroatoms. The molecule has 0 N–H and O–H groups in total. The Morgan fingerprint density at radius 2 is 0.657 bits per heavy atom. The first-order valence-electron chi connectivity index (χ1n) is 9.49. The van der Waals surface area contributed by atoms with Crippen LogP contribution in [0.2, 0.25) is 0 Å². The summed E-state index contributed by atoms with van der Waals surface area (Å²) in [5, 5.41) is 8.89. The zero-order valence-corrected chi connectivity index (χ0v) is 21.8. The molecule has 0 spiro atoms. The van der Waals surface area contributed by atoms with Crippen molar-refractivity contribution in [2.45, 2.75) is 6.92 Å². The molecular formula is C14H29CoF12N4O2P2. The Balaban J connectivity index is -0.000000454. The standard InChI is InChI=1S/C12H26N4.C2H4O2.Co.2F6P/c1-13-3-7-15-9-5-14(2)6-10-16(8-4-13)12-11-15;1-2(3)4;;2*1-7(2,3,4,5)6/h3-12H2,1-2H3;1H3,(H,3,4);;;/q;;+3;2*-1/p-1. The van der Waals surface area contributed by atoms with Crippen LogP contribution in [0.25, 0.3) is 0 Å². The molecule has 0 amide bonds. The van der Waals surface area contributed by atoms with E-state index in [0.29, 0.717) is 0 Å². The SMILES string of the molecule is CC(=O)[O-].CN1CCN2CCN(C)CCN(CC1)CC2.F[P-](F)(F)(F)(F)F.F[P-](F)(F)(F)(F)F.[Co+3]. The molecule has 0 aliphatic carbocycles. The van der Waals surface area contributed by atoms with Crippen LogP contribution in [0.15, 0.2) is 0 Å². The van der Waals surface area contributed by atoms with Gasteiger partial charge in [0.15, 0.2) is 0 Å². The van der Waals surface area contributed by atoms with E-state index in [4.69, 9.17) is 9.90 Å². The van der Waals surface area contributed by atoms with Crippen LogP contribution in [0.4, 0.5) is 50.4 Å². The Morgan fingerprint density at radius 1 is 0.543 bits per heavy atom. The molecule has 2 aliphatic rings. The van der Waals surface area contributed by atoms with Gasteiger partial charge in [0.25, 0.3) is 0 Å². The van der Waals surface area contributed by atoms with Gasteiger partial charge in [-0.15, -0.1) is 0 Å². The van der Waals surface area contributed by atoms with Crippen molar-refractivity contribution in [2.75, 3.05) is 79.5 Å². The van der Waals surface area contributed by atoms with E-state index in [0.717, 1.165) is 6.92 Å². The van der Waals surface area contributed by atoms with Crippen LogP contribution in [0.3, 0.4) is 0 Å². The number of halogens is 12. The topological polar surface area (TPSA) is 53.1 Å². The Morgan fingerprint density at radius 3 is 0.800 bits per heavy atom. The summed E-state index contributed by atoms with van der Waals surface area (Å²) in [6.07, 6.45) is 0. The summed E-state index contributed by atoms with van der Waals surface area (Å²) in [4.78, 5) is 19.1. The van der Waals surface area contributed by atoms with E-state index in [1.807, 2.05) is 0 Å². The van der Waals surface area contributed by atoms with Crippen molar-refractivity contribution < 1.29 is 77.0 Å². The zero-order valence-electron chi connectivity index (χ0n) is 18.9. The minimum Gasteiger partial charge on any atom is 3.00 e. The van der Waals surface area contributed by atoms with Gasteiger partial charge in [-0.2, -0.15) is 0 Å². The van der Waals surface area contributed by atoms with E-state index in [1.54, 1.807) is 0 Å². The number of hydrogen-bond donors (Lipinski definition) is 0. The van der Waals surface area contributed by atoms with Crippen molar-refractivity contribution in [3.05, 3.63) is 0 Å². The largest absolute Gasteiger partial charge is 3.00 e. The van der Waals surface area contributed by atoms with Gasteiger partial charge >= 0.3 is 82.8 Å². The molecule has 0 aromatic carbocycles. The Hall–Kier alpha value is -0.164. The van der Waals surface area contributed by atoms with E-state index in [9.17, 15) is 50.4 Å². The molecule has 6 nitrogen and oxygen atoms in total.